The van der Waals surface area contributed by atoms with Crippen molar-refractivity contribution in [1.29, 1.82) is 0 Å². The third-order valence-corrected chi connectivity index (χ3v) is 2.53. The summed E-state index contributed by atoms with van der Waals surface area (Å²) in [5.74, 6) is 0. The normalized spacial score (nSPS) is 37.4. The Bertz CT molecular complexity index is 301. The maximum absolute atomic E-state index is 10.1. The van der Waals surface area contributed by atoms with Gasteiger partial charge in [0.05, 0.1) is 6.61 Å². The Hall–Kier alpha value is -0.940. The van der Waals surface area contributed by atoms with Crippen molar-refractivity contribution in [3.8, 4) is 0 Å². The maximum atomic E-state index is 10.1. The highest BCUT2D eigenvalue weighted by Gasteiger charge is 2.50. The molecule has 1 aromatic rings. The Morgan fingerprint density at radius 2 is 1.86 bits per heavy atom. The molecular weight excluding hydrogens is 184 g/mol. The van der Waals surface area contributed by atoms with Gasteiger partial charge in [-0.05, 0) is 5.56 Å². The third kappa shape index (κ3) is 1.24. The van der Waals surface area contributed by atoms with Crippen molar-refractivity contribution in [2.45, 2.75) is 18.0 Å². The van der Waals surface area contributed by atoms with Crippen LogP contribution < -0.4 is 0 Å². The van der Waals surface area contributed by atoms with E-state index in [1.54, 1.807) is 30.3 Å². The predicted molar refractivity (Wildman–Crippen MR) is 48.3 cm³/mol. The zero-order valence-electron chi connectivity index (χ0n) is 7.50. The highest BCUT2D eigenvalue weighted by molar-refractivity contribution is 5.25. The van der Waals surface area contributed by atoms with Gasteiger partial charge < -0.3 is 20.1 Å². The van der Waals surface area contributed by atoms with Gasteiger partial charge in [-0.15, -0.1) is 0 Å². The van der Waals surface area contributed by atoms with Crippen LogP contribution in [0.5, 0.6) is 0 Å². The summed E-state index contributed by atoms with van der Waals surface area (Å²) < 4.78 is 4.79. The summed E-state index contributed by atoms with van der Waals surface area (Å²) in [7, 11) is 0. The van der Waals surface area contributed by atoms with Gasteiger partial charge in [0.1, 0.15) is 6.10 Å². The number of aliphatic hydroxyl groups excluding tert-OH is 2. The number of benzene rings is 1. The lowest BCUT2D eigenvalue weighted by molar-refractivity contribution is -0.177. The fraction of sp³-hybridized carbons (Fsp3) is 0.400. The largest absolute Gasteiger partial charge is 0.387 e. The Balaban J connectivity index is 2.40. The Morgan fingerprint density at radius 1 is 1.21 bits per heavy atom. The fourth-order valence-corrected chi connectivity index (χ4v) is 1.64. The van der Waals surface area contributed by atoms with Gasteiger partial charge >= 0.3 is 0 Å². The van der Waals surface area contributed by atoms with Gasteiger partial charge in [-0.25, -0.2) is 0 Å². The van der Waals surface area contributed by atoms with Crippen molar-refractivity contribution in [3.63, 3.8) is 0 Å². The molecule has 3 atom stereocenters. The number of aliphatic hydroxyl groups is 3. The van der Waals surface area contributed by atoms with E-state index in [1.165, 1.54) is 0 Å². The van der Waals surface area contributed by atoms with E-state index in [1.807, 2.05) is 0 Å². The molecule has 1 unspecified atom stereocenters. The molecule has 0 aromatic heterocycles. The van der Waals surface area contributed by atoms with E-state index < -0.39 is 18.0 Å². The molecule has 0 amide bonds. The number of hydrogen-bond acceptors (Lipinski definition) is 4. The van der Waals surface area contributed by atoms with Gasteiger partial charge in [0, 0.05) is 0 Å². The van der Waals surface area contributed by atoms with Crippen LogP contribution >= 0.6 is 0 Å². The van der Waals surface area contributed by atoms with Gasteiger partial charge in [-0.2, -0.15) is 0 Å². The lowest BCUT2D eigenvalue weighted by Crippen LogP contribution is -2.43. The molecule has 0 saturated carbocycles. The van der Waals surface area contributed by atoms with Crippen LogP contribution in [0.4, 0.5) is 0 Å². The van der Waals surface area contributed by atoms with Crippen LogP contribution in [-0.2, 0) is 10.3 Å². The van der Waals surface area contributed by atoms with E-state index in [0.29, 0.717) is 5.56 Å². The van der Waals surface area contributed by atoms with Crippen LogP contribution in [0.2, 0.25) is 0 Å². The van der Waals surface area contributed by atoms with E-state index in [9.17, 15) is 15.3 Å². The van der Waals surface area contributed by atoms with E-state index in [-0.39, 0.29) is 6.61 Å². The summed E-state index contributed by atoms with van der Waals surface area (Å²) in [5.41, 5.74) is -1.25. The van der Waals surface area contributed by atoms with Crippen molar-refractivity contribution < 1.29 is 20.1 Å². The van der Waals surface area contributed by atoms with Crippen LogP contribution in [0.1, 0.15) is 5.56 Å². The molecule has 4 heteroatoms. The molecule has 4 nitrogen and oxygen atoms in total. The minimum absolute atomic E-state index is 0.0629. The fourth-order valence-electron chi connectivity index (χ4n) is 1.64. The number of rotatable bonds is 1. The van der Waals surface area contributed by atoms with Gasteiger partial charge in [-0.3, -0.25) is 0 Å². The molecule has 1 aliphatic heterocycles. The molecule has 0 radical (unpaired) electrons. The zero-order chi connectivity index (χ0) is 10.2. The van der Waals surface area contributed by atoms with Crippen molar-refractivity contribution in [1.82, 2.24) is 0 Å². The first kappa shape index (κ1) is 9.61. The monoisotopic (exact) mass is 196 g/mol. The Kier molecular flexibility index (Phi) is 2.28. The average Bonchev–Trinajstić information content (AvgIpc) is 2.49. The number of hydrogen-bond donors (Lipinski definition) is 3. The van der Waals surface area contributed by atoms with Crippen LogP contribution in [-0.4, -0.2) is 34.3 Å². The molecular formula is C10H12O4. The first-order valence-corrected chi connectivity index (χ1v) is 4.41. The molecule has 1 aromatic carbocycles. The molecule has 2 rings (SSSR count). The first-order valence-electron chi connectivity index (χ1n) is 4.41. The van der Waals surface area contributed by atoms with E-state index in [0.717, 1.165) is 0 Å². The SMILES string of the molecule is OC1OC[C@@H](O)[C@]1(O)c1ccccc1. The lowest BCUT2D eigenvalue weighted by Gasteiger charge is -2.28. The minimum atomic E-state index is -1.71. The minimum Gasteiger partial charge on any atom is -0.387 e. The first-order chi connectivity index (χ1) is 6.65. The van der Waals surface area contributed by atoms with Crippen molar-refractivity contribution in [2.75, 3.05) is 6.61 Å². The van der Waals surface area contributed by atoms with Crippen LogP contribution in [0.25, 0.3) is 0 Å². The van der Waals surface area contributed by atoms with E-state index in [2.05, 4.69) is 0 Å². The van der Waals surface area contributed by atoms with Gasteiger partial charge in [0.15, 0.2) is 11.9 Å². The van der Waals surface area contributed by atoms with Gasteiger partial charge in [0.2, 0.25) is 0 Å². The summed E-state index contributed by atoms with van der Waals surface area (Å²) in [6.45, 7) is -0.0629. The summed E-state index contributed by atoms with van der Waals surface area (Å²) >= 11 is 0. The second-order valence-electron chi connectivity index (χ2n) is 3.39. The smallest absolute Gasteiger partial charge is 0.190 e. The quantitative estimate of drug-likeness (QED) is 0.570. The molecule has 1 saturated heterocycles. The zero-order valence-corrected chi connectivity index (χ0v) is 7.50. The molecule has 3 N–H and O–H groups in total. The second-order valence-corrected chi connectivity index (χ2v) is 3.39. The lowest BCUT2D eigenvalue weighted by atomic mass is 9.90. The topological polar surface area (TPSA) is 69.9 Å². The molecule has 0 spiro atoms. The van der Waals surface area contributed by atoms with E-state index in [4.69, 9.17) is 4.74 Å². The molecule has 1 fully saturated rings. The summed E-state index contributed by atoms with van der Waals surface area (Å²) in [6, 6.07) is 8.53. The Morgan fingerprint density at radius 3 is 2.36 bits per heavy atom. The predicted octanol–water partition coefficient (Wildman–Crippen LogP) is -0.416. The van der Waals surface area contributed by atoms with Crippen LogP contribution in [0.15, 0.2) is 30.3 Å². The highest BCUT2D eigenvalue weighted by atomic mass is 16.6. The molecule has 0 bridgehead atoms. The standard InChI is InChI=1S/C10H12O4/c11-8-6-14-9(12)10(8,13)7-4-2-1-3-5-7/h1-5,8-9,11-13H,6H2/t8-,9?,10-/m1/s1. The van der Waals surface area contributed by atoms with E-state index >= 15 is 0 Å². The van der Waals surface area contributed by atoms with Gasteiger partial charge in [-0.1, -0.05) is 30.3 Å². The molecule has 0 aliphatic carbocycles. The molecule has 1 heterocycles. The summed E-state index contributed by atoms with van der Waals surface area (Å²) in [6.07, 6.45) is -2.47. The third-order valence-electron chi connectivity index (χ3n) is 2.53. The molecule has 14 heavy (non-hydrogen) atoms. The highest BCUT2D eigenvalue weighted by Crippen LogP contribution is 2.34. The summed E-state index contributed by atoms with van der Waals surface area (Å²) in [5, 5.41) is 29.1. The van der Waals surface area contributed by atoms with Gasteiger partial charge in [0.25, 0.3) is 0 Å². The average molecular weight is 196 g/mol. The second kappa shape index (κ2) is 3.33. The maximum Gasteiger partial charge on any atom is 0.190 e. The number of ether oxygens (including phenoxy) is 1. The summed E-state index contributed by atoms with van der Waals surface area (Å²) in [4.78, 5) is 0. The van der Waals surface area contributed by atoms with Crippen molar-refractivity contribution in [3.05, 3.63) is 35.9 Å². The Labute approximate surface area is 81.4 Å². The molecule has 1 aliphatic rings. The van der Waals surface area contributed by atoms with Crippen LogP contribution in [0.3, 0.4) is 0 Å². The molecule has 76 valence electrons. The van der Waals surface area contributed by atoms with Crippen molar-refractivity contribution in [2.24, 2.45) is 0 Å². The van der Waals surface area contributed by atoms with Crippen molar-refractivity contribution >= 4 is 0 Å². The van der Waals surface area contributed by atoms with Crippen LogP contribution in [0, 0.1) is 0 Å².